The molecule has 2 aromatic carbocycles. The van der Waals surface area contributed by atoms with E-state index < -0.39 is 12.1 Å². The molecule has 226 valence electrons. The van der Waals surface area contributed by atoms with Gasteiger partial charge in [-0.25, -0.2) is 9.59 Å². The normalized spacial score (nSPS) is 24.4. The van der Waals surface area contributed by atoms with Gasteiger partial charge in [-0.05, 0) is 109 Å². The Labute approximate surface area is 251 Å². The largest absolute Gasteiger partial charge is 0.478 e. The monoisotopic (exact) mass is 571 g/mol. The van der Waals surface area contributed by atoms with Gasteiger partial charge in [0.25, 0.3) is 0 Å². The molecule has 6 rings (SSSR count). The summed E-state index contributed by atoms with van der Waals surface area (Å²) >= 11 is 0. The maximum absolute atomic E-state index is 11.8. The van der Waals surface area contributed by atoms with Gasteiger partial charge in [-0.15, -0.1) is 0 Å². The Balaban J connectivity index is 1.40. The van der Waals surface area contributed by atoms with Crippen molar-refractivity contribution < 1.29 is 19.4 Å². The zero-order chi connectivity index (χ0) is 29.5. The third kappa shape index (κ3) is 7.46. The number of carbonyl (C=O) groups excluding carboxylic acids is 1. The minimum Gasteiger partial charge on any atom is -0.478 e. The van der Waals surface area contributed by atoms with Gasteiger partial charge in [0.15, 0.2) is 0 Å². The summed E-state index contributed by atoms with van der Waals surface area (Å²) in [6.45, 7) is 2.27. The topological polar surface area (TPSA) is 89.6 Å². The molecular formula is C37H49NO4. The lowest BCUT2D eigenvalue weighted by molar-refractivity contribution is -0.131. The van der Waals surface area contributed by atoms with E-state index in [4.69, 9.17) is 15.6 Å². The molecule has 4 saturated carbocycles. The van der Waals surface area contributed by atoms with Gasteiger partial charge in [-0.1, -0.05) is 88.6 Å². The number of hydrogen-bond donors (Lipinski definition) is 2. The summed E-state index contributed by atoms with van der Waals surface area (Å²) in [5, 5.41) is 9.05. The summed E-state index contributed by atoms with van der Waals surface area (Å²) in [5.41, 5.74) is 11.2. The number of hydrogen-bond acceptors (Lipinski definition) is 3. The number of ether oxygens (including phenoxy) is 1. The molecule has 4 fully saturated rings. The van der Waals surface area contributed by atoms with Gasteiger partial charge >= 0.3 is 12.1 Å². The molecule has 0 aliphatic heterocycles. The number of carboxylic acids is 1. The van der Waals surface area contributed by atoms with Crippen molar-refractivity contribution >= 4 is 18.1 Å². The molecule has 0 unspecified atom stereocenters. The highest BCUT2D eigenvalue weighted by Crippen LogP contribution is 2.61. The van der Waals surface area contributed by atoms with Crippen LogP contribution in [-0.4, -0.2) is 17.2 Å². The summed E-state index contributed by atoms with van der Waals surface area (Å²) < 4.78 is 5.46. The van der Waals surface area contributed by atoms with E-state index in [1.807, 2.05) is 12.1 Å². The van der Waals surface area contributed by atoms with Crippen LogP contribution in [0, 0.1) is 17.8 Å². The molecule has 3 N–H and O–H groups in total. The van der Waals surface area contributed by atoms with Crippen molar-refractivity contribution in [3.63, 3.8) is 0 Å². The van der Waals surface area contributed by atoms with Gasteiger partial charge in [0, 0.05) is 11.6 Å². The van der Waals surface area contributed by atoms with E-state index in [0.717, 1.165) is 41.4 Å². The lowest BCUT2D eigenvalue weighted by Crippen LogP contribution is -2.49. The van der Waals surface area contributed by atoms with Gasteiger partial charge in [-0.2, -0.15) is 0 Å². The average Bonchev–Trinajstić information content (AvgIpc) is 2.94. The molecular weight excluding hydrogens is 522 g/mol. The third-order valence-corrected chi connectivity index (χ3v) is 10.2. The van der Waals surface area contributed by atoms with Crippen LogP contribution in [0.25, 0.3) is 17.2 Å². The van der Waals surface area contributed by atoms with Gasteiger partial charge in [0.05, 0.1) is 0 Å². The highest BCUT2D eigenvalue weighted by atomic mass is 16.5. The van der Waals surface area contributed by atoms with Gasteiger partial charge in [-0.3, -0.25) is 0 Å². The van der Waals surface area contributed by atoms with E-state index in [9.17, 15) is 9.59 Å². The number of benzene rings is 2. The number of amides is 1. The van der Waals surface area contributed by atoms with E-state index >= 15 is 0 Å². The molecule has 5 heteroatoms. The van der Waals surface area contributed by atoms with Crippen LogP contribution in [0.4, 0.5) is 4.79 Å². The maximum atomic E-state index is 11.8. The fourth-order valence-electron chi connectivity index (χ4n) is 8.76. The van der Waals surface area contributed by atoms with Crippen LogP contribution < -0.4 is 10.5 Å². The number of carboxylic acid groups (broad SMARTS) is 1. The van der Waals surface area contributed by atoms with Crippen molar-refractivity contribution in [2.24, 2.45) is 23.5 Å². The highest BCUT2D eigenvalue weighted by Gasteiger charge is 2.52. The lowest BCUT2D eigenvalue weighted by Gasteiger charge is -2.57. The Morgan fingerprint density at radius 2 is 1.50 bits per heavy atom. The molecule has 42 heavy (non-hydrogen) atoms. The van der Waals surface area contributed by atoms with E-state index in [1.54, 1.807) is 6.07 Å². The van der Waals surface area contributed by atoms with E-state index in [1.165, 1.54) is 114 Å². The third-order valence-electron chi connectivity index (χ3n) is 10.2. The first-order valence-electron chi connectivity index (χ1n) is 16.5. The minimum atomic E-state index is -1.03. The zero-order valence-corrected chi connectivity index (χ0v) is 25.4. The average molecular weight is 572 g/mol. The van der Waals surface area contributed by atoms with Crippen molar-refractivity contribution in [2.75, 3.05) is 0 Å². The molecule has 0 atom stereocenters. The van der Waals surface area contributed by atoms with Crippen molar-refractivity contribution in [1.82, 2.24) is 0 Å². The number of aryl methyl sites for hydroxylation is 1. The van der Waals surface area contributed by atoms with Crippen LogP contribution in [0.1, 0.15) is 120 Å². The molecule has 0 saturated heterocycles. The maximum Gasteiger partial charge on any atom is 0.409 e. The summed E-state index contributed by atoms with van der Waals surface area (Å²) in [4.78, 5) is 22.9. The van der Waals surface area contributed by atoms with E-state index in [-0.39, 0.29) is 5.41 Å². The second kappa shape index (κ2) is 13.9. The van der Waals surface area contributed by atoms with Crippen molar-refractivity contribution in [3.05, 3.63) is 59.2 Å². The van der Waals surface area contributed by atoms with Crippen LogP contribution in [0.5, 0.6) is 5.75 Å². The molecule has 4 bridgehead atoms. The number of aliphatic carboxylic acids is 1. The summed E-state index contributed by atoms with van der Waals surface area (Å²) in [7, 11) is 0. The smallest absolute Gasteiger partial charge is 0.409 e. The predicted molar refractivity (Wildman–Crippen MR) is 170 cm³/mol. The Morgan fingerprint density at radius 3 is 2.10 bits per heavy atom. The quantitative estimate of drug-likeness (QED) is 0.165. The first kappa shape index (κ1) is 30.4. The zero-order valence-electron chi connectivity index (χ0n) is 25.4. The molecule has 0 heterocycles. The standard InChI is InChI=1S/C37H49NO4/c1-2-3-4-5-6-7-8-9-10-11-30-14-15-31(22-33(30)37-23-27-18-28(24-37)20-29(19-27)25-37)32-16-12-26(13-17-35(39)40)21-34(32)42-36(38)41/h12-17,21-22,27-29H,2-11,18-20,23-25H2,1H3,(H2,38,41)(H,39,40). The fraction of sp³-hybridized carbons (Fsp3) is 0.568. The Morgan fingerprint density at radius 1 is 0.881 bits per heavy atom. The Hall–Kier alpha value is -3.08. The molecule has 2 aromatic rings. The SMILES string of the molecule is CCCCCCCCCCCc1ccc(-c2ccc(C=CC(=O)O)cc2OC(N)=O)cc1C12CC3CC(CC(C3)C1)C2. The molecule has 0 radical (unpaired) electrons. The summed E-state index contributed by atoms with van der Waals surface area (Å²) in [5.74, 6) is 1.90. The lowest BCUT2D eigenvalue weighted by atomic mass is 9.47. The first-order chi connectivity index (χ1) is 20.3. The van der Waals surface area contributed by atoms with Gasteiger partial charge in [0.2, 0.25) is 0 Å². The molecule has 0 spiro atoms. The van der Waals surface area contributed by atoms with E-state index in [0.29, 0.717) is 11.3 Å². The van der Waals surface area contributed by atoms with Crippen LogP contribution in [-0.2, 0) is 16.6 Å². The molecule has 4 aliphatic carbocycles. The van der Waals surface area contributed by atoms with Crippen LogP contribution in [0.3, 0.4) is 0 Å². The summed E-state index contributed by atoms with van der Waals surface area (Å²) in [6, 6.07) is 12.4. The number of unbranched alkanes of at least 4 members (excludes halogenated alkanes) is 8. The fourth-order valence-corrected chi connectivity index (χ4v) is 8.76. The molecule has 1 amide bonds. The minimum absolute atomic E-state index is 0.258. The van der Waals surface area contributed by atoms with E-state index in [2.05, 4.69) is 25.1 Å². The van der Waals surface area contributed by atoms with Crippen LogP contribution in [0.15, 0.2) is 42.5 Å². The summed E-state index contributed by atoms with van der Waals surface area (Å²) in [6.07, 6.45) is 23.0. The second-order valence-corrected chi connectivity index (χ2v) is 13.5. The number of carbonyl (C=O) groups is 2. The molecule has 0 aromatic heterocycles. The van der Waals surface area contributed by atoms with Crippen molar-refractivity contribution in [3.8, 4) is 16.9 Å². The van der Waals surface area contributed by atoms with Crippen molar-refractivity contribution in [2.45, 2.75) is 115 Å². The molecule has 5 nitrogen and oxygen atoms in total. The Bertz CT molecular complexity index is 1240. The number of primary amides is 1. The second-order valence-electron chi connectivity index (χ2n) is 13.5. The van der Waals surface area contributed by atoms with Crippen LogP contribution >= 0.6 is 0 Å². The highest BCUT2D eigenvalue weighted by molar-refractivity contribution is 5.86. The van der Waals surface area contributed by atoms with Gasteiger partial charge < -0.3 is 15.6 Å². The first-order valence-corrected chi connectivity index (χ1v) is 16.5. The predicted octanol–water partition coefficient (Wildman–Crippen LogP) is 9.45. The van der Waals surface area contributed by atoms with Crippen LogP contribution in [0.2, 0.25) is 0 Å². The number of nitrogens with two attached hydrogens (primary N) is 1. The Kier molecular flexibility index (Phi) is 10.1. The van der Waals surface area contributed by atoms with Gasteiger partial charge in [0.1, 0.15) is 5.75 Å². The number of rotatable bonds is 15. The van der Waals surface area contributed by atoms with Crippen molar-refractivity contribution in [1.29, 1.82) is 0 Å². The molecule has 4 aliphatic rings.